The maximum Gasteiger partial charge on any atom is 0.0432 e. The average Bonchev–Trinajstić information content (AvgIpc) is 2.72. The van der Waals surface area contributed by atoms with Gasteiger partial charge in [0.2, 0.25) is 0 Å². The number of fused-ring (bicyclic) bond motifs is 1. The van der Waals surface area contributed by atoms with Gasteiger partial charge in [-0.3, -0.25) is 0 Å². The largest absolute Gasteiger partial charge is 0.381 e. The van der Waals surface area contributed by atoms with Gasteiger partial charge in [0.05, 0.1) is 0 Å². The number of rotatable bonds is 2. The molecule has 1 nitrogen and oxygen atoms in total. The van der Waals surface area contributed by atoms with Crippen molar-refractivity contribution in [1.29, 1.82) is 0 Å². The highest BCUT2D eigenvalue weighted by molar-refractivity contribution is 5.61. The second-order valence-corrected chi connectivity index (χ2v) is 4.08. The van der Waals surface area contributed by atoms with E-state index < -0.39 is 0 Å². The first kappa shape index (κ1) is 9.46. The lowest BCUT2D eigenvalue weighted by atomic mass is 10.0. The summed E-state index contributed by atoms with van der Waals surface area (Å²) in [6.07, 6.45) is 4.47. The summed E-state index contributed by atoms with van der Waals surface area (Å²) in [5.74, 6) is 0. The molecular formula is C15H13N. The Morgan fingerprint density at radius 1 is 0.938 bits per heavy atom. The molecule has 0 spiro atoms. The number of hydrogen-bond donors (Lipinski definition) is 1. The van der Waals surface area contributed by atoms with Crippen LogP contribution in [0.1, 0.15) is 11.1 Å². The van der Waals surface area contributed by atoms with Crippen molar-refractivity contribution in [3.63, 3.8) is 0 Å². The molecule has 0 saturated heterocycles. The molecular weight excluding hydrogens is 194 g/mol. The van der Waals surface area contributed by atoms with Gasteiger partial charge in [-0.1, -0.05) is 48.5 Å². The summed E-state index contributed by atoms with van der Waals surface area (Å²) in [6.45, 7) is 0. The van der Waals surface area contributed by atoms with Gasteiger partial charge in [0, 0.05) is 18.2 Å². The summed E-state index contributed by atoms with van der Waals surface area (Å²) in [6, 6.07) is 19.2. The van der Waals surface area contributed by atoms with Crippen molar-refractivity contribution >= 4 is 5.69 Å². The van der Waals surface area contributed by atoms with E-state index in [0.29, 0.717) is 6.04 Å². The Morgan fingerprint density at radius 2 is 1.69 bits per heavy atom. The Hall–Kier alpha value is -1.76. The molecule has 0 bridgehead atoms. The molecule has 0 amide bonds. The standard InChI is InChI=1S/C15H13N/c1-2-6-12(7-3-1)10-14-11-13-8-4-5-9-15(13)16-14/h1-9,14,16H,10H2. The van der Waals surface area contributed by atoms with Crippen LogP contribution in [0.15, 0.2) is 54.6 Å². The molecule has 2 aromatic rings. The van der Waals surface area contributed by atoms with Crippen LogP contribution < -0.4 is 5.32 Å². The van der Waals surface area contributed by atoms with Crippen molar-refractivity contribution in [2.75, 3.05) is 5.32 Å². The zero-order valence-corrected chi connectivity index (χ0v) is 8.98. The predicted molar refractivity (Wildman–Crippen MR) is 66.3 cm³/mol. The third-order valence-electron chi connectivity index (χ3n) is 2.87. The molecule has 1 aliphatic heterocycles. The third kappa shape index (κ3) is 1.81. The van der Waals surface area contributed by atoms with Gasteiger partial charge in [-0.15, -0.1) is 0 Å². The summed E-state index contributed by atoms with van der Waals surface area (Å²) in [5.41, 5.74) is 3.74. The molecule has 0 saturated carbocycles. The molecule has 0 aromatic heterocycles. The minimum absolute atomic E-state index is 0.305. The molecule has 1 aliphatic rings. The second-order valence-electron chi connectivity index (χ2n) is 4.08. The first-order valence-electron chi connectivity index (χ1n) is 5.58. The fourth-order valence-corrected chi connectivity index (χ4v) is 2.10. The minimum Gasteiger partial charge on any atom is -0.381 e. The number of anilines is 1. The van der Waals surface area contributed by atoms with Crippen LogP contribution in [-0.2, 0) is 6.42 Å². The molecule has 1 heterocycles. The zero-order chi connectivity index (χ0) is 10.8. The van der Waals surface area contributed by atoms with E-state index >= 15 is 0 Å². The quantitative estimate of drug-likeness (QED) is 0.797. The van der Waals surface area contributed by atoms with Gasteiger partial charge in [-0.25, -0.2) is 0 Å². The number of benzene rings is 2. The van der Waals surface area contributed by atoms with Crippen LogP contribution in [0.5, 0.6) is 0 Å². The molecule has 1 unspecified atom stereocenters. The summed E-state index contributed by atoms with van der Waals surface area (Å²) in [4.78, 5) is 0. The molecule has 0 fully saturated rings. The second kappa shape index (κ2) is 4.01. The normalized spacial score (nSPS) is 17.9. The highest BCUT2D eigenvalue weighted by Gasteiger charge is 2.20. The lowest BCUT2D eigenvalue weighted by molar-refractivity contribution is 0.850. The summed E-state index contributed by atoms with van der Waals surface area (Å²) in [7, 11) is 0. The number of para-hydroxylation sites is 1. The summed E-state index contributed by atoms with van der Waals surface area (Å²) in [5, 5.41) is 3.47. The van der Waals surface area contributed by atoms with E-state index in [-0.39, 0.29) is 0 Å². The maximum atomic E-state index is 3.47. The Bertz CT molecular complexity index is 451. The van der Waals surface area contributed by atoms with Gasteiger partial charge in [0.15, 0.2) is 0 Å². The van der Waals surface area contributed by atoms with Crippen LogP contribution >= 0.6 is 0 Å². The molecule has 1 atom stereocenters. The zero-order valence-electron chi connectivity index (χ0n) is 8.98. The Labute approximate surface area is 96.1 Å². The van der Waals surface area contributed by atoms with E-state index in [1.54, 1.807) is 0 Å². The summed E-state index contributed by atoms with van der Waals surface area (Å²) < 4.78 is 0. The van der Waals surface area contributed by atoms with Crippen molar-refractivity contribution in [2.45, 2.75) is 12.5 Å². The molecule has 1 N–H and O–H groups in total. The molecule has 16 heavy (non-hydrogen) atoms. The predicted octanol–water partition coefficient (Wildman–Crippen LogP) is 3.15. The highest BCUT2D eigenvalue weighted by Crippen LogP contribution is 2.28. The number of hydrogen-bond acceptors (Lipinski definition) is 1. The van der Waals surface area contributed by atoms with E-state index in [1.807, 2.05) is 6.07 Å². The Morgan fingerprint density at radius 3 is 2.50 bits per heavy atom. The first-order chi connectivity index (χ1) is 7.92. The van der Waals surface area contributed by atoms with Crippen LogP contribution in [0.2, 0.25) is 0 Å². The van der Waals surface area contributed by atoms with Gasteiger partial charge in [-0.05, 0) is 23.6 Å². The van der Waals surface area contributed by atoms with Crippen molar-refractivity contribution < 1.29 is 0 Å². The van der Waals surface area contributed by atoms with Crippen molar-refractivity contribution in [1.82, 2.24) is 0 Å². The van der Waals surface area contributed by atoms with Gasteiger partial charge >= 0.3 is 0 Å². The SMILES string of the molecule is [C]1c2ccccc2NC1Cc1ccccc1. The summed E-state index contributed by atoms with van der Waals surface area (Å²) >= 11 is 0. The van der Waals surface area contributed by atoms with E-state index in [1.165, 1.54) is 16.8 Å². The van der Waals surface area contributed by atoms with E-state index in [2.05, 4.69) is 60.3 Å². The topological polar surface area (TPSA) is 12.0 Å². The Kier molecular flexibility index (Phi) is 2.37. The number of nitrogens with one attached hydrogen (secondary N) is 1. The molecule has 0 aliphatic carbocycles. The molecule has 2 aromatic carbocycles. The maximum absolute atomic E-state index is 3.47. The van der Waals surface area contributed by atoms with Crippen LogP contribution in [0, 0.1) is 6.42 Å². The third-order valence-corrected chi connectivity index (χ3v) is 2.87. The first-order valence-corrected chi connectivity index (χ1v) is 5.58. The molecule has 78 valence electrons. The van der Waals surface area contributed by atoms with E-state index in [4.69, 9.17) is 0 Å². The van der Waals surface area contributed by atoms with Gasteiger partial charge in [-0.2, -0.15) is 0 Å². The Balaban J connectivity index is 1.73. The fourth-order valence-electron chi connectivity index (χ4n) is 2.10. The van der Waals surface area contributed by atoms with Crippen molar-refractivity contribution in [3.8, 4) is 0 Å². The molecule has 1 heteroatoms. The van der Waals surface area contributed by atoms with Crippen LogP contribution in [-0.4, -0.2) is 6.04 Å². The van der Waals surface area contributed by atoms with Crippen LogP contribution in [0.25, 0.3) is 0 Å². The lowest BCUT2D eigenvalue weighted by Gasteiger charge is -2.10. The molecule has 3 rings (SSSR count). The van der Waals surface area contributed by atoms with Crippen LogP contribution in [0.4, 0.5) is 5.69 Å². The van der Waals surface area contributed by atoms with Crippen molar-refractivity contribution in [3.05, 3.63) is 72.1 Å². The smallest absolute Gasteiger partial charge is 0.0432 e. The molecule has 2 radical (unpaired) electrons. The fraction of sp³-hybridized carbons (Fsp3) is 0.133. The van der Waals surface area contributed by atoms with Gasteiger partial charge in [0.25, 0.3) is 0 Å². The monoisotopic (exact) mass is 207 g/mol. The highest BCUT2D eigenvalue weighted by atomic mass is 14.9. The van der Waals surface area contributed by atoms with E-state index in [0.717, 1.165) is 6.42 Å². The van der Waals surface area contributed by atoms with Crippen LogP contribution in [0.3, 0.4) is 0 Å². The minimum atomic E-state index is 0.305. The van der Waals surface area contributed by atoms with E-state index in [9.17, 15) is 0 Å². The average molecular weight is 207 g/mol. The van der Waals surface area contributed by atoms with Gasteiger partial charge < -0.3 is 5.32 Å². The van der Waals surface area contributed by atoms with Gasteiger partial charge in [0.1, 0.15) is 0 Å². The van der Waals surface area contributed by atoms with Crippen molar-refractivity contribution in [2.24, 2.45) is 0 Å². The lowest BCUT2D eigenvalue weighted by Crippen LogP contribution is -2.16.